The van der Waals surface area contributed by atoms with Gasteiger partial charge in [-0.05, 0) is 50.1 Å². The Balaban J connectivity index is 1.90. The zero-order valence-corrected chi connectivity index (χ0v) is 13.0. The fourth-order valence-corrected chi connectivity index (χ4v) is 2.53. The predicted octanol–water partition coefficient (Wildman–Crippen LogP) is 4.00. The smallest absolute Gasteiger partial charge is 0.147 e. The van der Waals surface area contributed by atoms with Crippen molar-refractivity contribution in [1.29, 1.82) is 0 Å². The zero-order valence-electron chi connectivity index (χ0n) is 13.0. The Morgan fingerprint density at radius 2 is 1.95 bits per heavy atom. The molecule has 0 aliphatic heterocycles. The second-order valence-electron chi connectivity index (χ2n) is 5.46. The van der Waals surface area contributed by atoms with Crippen LogP contribution in [0.3, 0.4) is 0 Å². The minimum atomic E-state index is 0.747. The molecule has 3 aromatic rings. The number of hydrogen-bond acceptors (Lipinski definition) is 4. The number of nitrogens with one attached hydrogen (secondary N) is 1. The van der Waals surface area contributed by atoms with Gasteiger partial charge in [0.15, 0.2) is 0 Å². The minimum absolute atomic E-state index is 0.747. The topological polar surface area (TPSA) is 50.2 Å². The monoisotopic (exact) mass is 290 g/mol. The van der Waals surface area contributed by atoms with Crippen LogP contribution in [0.25, 0.3) is 10.9 Å². The van der Waals surface area contributed by atoms with Crippen LogP contribution in [-0.4, -0.2) is 16.2 Å². The maximum Gasteiger partial charge on any atom is 0.147 e. The summed E-state index contributed by atoms with van der Waals surface area (Å²) in [6, 6.07) is 10.2. The van der Waals surface area contributed by atoms with Crippen LogP contribution in [-0.2, 0) is 0 Å². The highest BCUT2D eigenvalue weighted by Gasteiger charge is 2.05. The molecule has 3 rings (SSSR count). The number of benzene rings is 1. The third-order valence-corrected chi connectivity index (χ3v) is 3.53. The van der Waals surface area contributed by atoms with Gasteiger partial charge in [0.25, 0.3) is 0 Å². The first-order valence-electron chi connectivity index (χ1n) is 7.21. The summed E-state index contributed by atoms with van der Waals surface area (Å²) in [4.78, 5) is 8.72. The summed E-state index contributed by atoms with van der Waals surface area (Å²) in [5.41, 5.74) is 8.58. The van der Waals surface area contributed by atoms with Crippen molar-refractivity contribution in [2.24, 2.45) is 5.10 Å². The molecule has 4 heteroatoms. The highest BCUT2D eigenvalue weighted by molar-refractivity contribution is 5.87. The summed E-state index contributed by atoms with van der Waals surface area (Å²) >= 11 is 0. The van der Waals surface area contributed by atoms with Crippen LogP contribution < -0.4 is 5.43 Å². The van der Waals surface area contributed by atoms with Gasteiger partial charge in [0.2, 0.25) is 0 Å². The van der Waals surface area contributed by atoms with E-state index in [0.29, 0.717) is 0 Å². The number of hydrazone groups is 1. The normalized spacial score (nSPS) is 11.2. The maximum absolute atomic E-state index is 4.67. The lowest BCUT2D eigenvalue weighted by molar-refractivity contribution is 1.23. The van der Waals surface area contributed by atoms with Gasteiger partial charge < -0.3 is 0 Å². The van der Waals surface area contributed by atoms with Crippen molar-refractivity contribution in [2.75, 3.05) is 5.43 Å². The van der Waals surface area contributed by atoms with Crippen LogP contribution in [0.1, 0.15) is 22.3 Å². The highest BCUT2D eigenvalue weighted by Crippen LogP contribution is 2.24. The second kappa shape index (κ2) is 5.93. The molecule has 0 aliphatic rings. The Morgan fingerprint density at radius 1 is 1.09 bits per heavy atom. The first-order chi connectivity index (χ1) is 10.6. The SMILES string of the molecule is Cc1cc(C)c2nc(NN=Cc3cccnc3)cc(C)c2c1. The number of aryl methyl sites for hydroxylation is 3. The van der Waals surface area contributed by atoms with E-state index in [-0.39, 0.29) is 0 Å². The van der Waals surface area contributed by atoms with Crippen molar-refractivity contribution in [3.05, 3.63) is 65.0 Å². The van der Waals surface area contributed by atoms with Gasteiger partial charge in [0.05, 0.1) is 11.7 Å². The molecule has 0 bridgehead atoms. The first kappa shape index (κ1) is 14.2. The number of pyridine rings is 2. The van der Waals surface area contributed by atoms with E-state index in [1.807, 2.05) is 18.2 Å². The highest BCUT2D eigenvalue weighted by atomic mass is 15.3. The Labute approximate surface area is 129 Å². The van der Waals surface area contributed by atoms with E-state index >= 15 is 0 Å². The van der Waals surface area contributed by atoms with Crippen LogP contribution in [0.4, 0.5) is 5.82 Å². The Hall–Kier alpha value is -2.75. The molecule has 22 heavy (non-hydrogen) atoms. The maximum atomic E-state index is 4.67. The van der Waals surface area contributed by atoms with Gasteiger partial charge in [-0.1, -0.05) is 17.7 Å². The lowest BCUT2D eigenvalue weighted by Gasteiger charge is -2.09. The van der Waals surface area contributed by atoms with E-state index < -0.39 is 0 Å². The van der Waals surface area contributed by atoms with Crippen molar-refractivity contribution in [1.82, 2.24) is 9.97 Å². The van der Waals surface area contributed by atoms with Gasteiger partial charge in [0, 0.05) is 23.3 Å². The summed E-state index contributed by atoms with van der Waals surface area (Å²) in [7, 11) is 0. The third-order valence-electron chi connectivity index (χ3n) is 3.53. The number of aromatic nitrogens is 2. The molecule has 0 saturated carbocycles. The van der Waals surface area contributed by atoms with Crippen LogP contribution in [0.15, 0.2) is 47.8 Å². The second-order valence-corrected chi connectivity index (χ2v) is 5.46. The van der Waals surface area contributed by atoms with Crippen molar-refractivity contribution in [3.63, 3.8) is 0 Å². The Kier molecular flexibility index (Phi) is 3.83. The van der Waals surface area contributed by atoms with Crippen molar-refractivity contribution in [3.8, 4) is 0 Å². The lowest BCUT2D eigenvalue weighted by atomic mass is 10.0. The van der Waals surface area contributed by atoms with E-state index in [4.69, 9.17) is 0 Å². The van der Waals surface area contributed by atoms with Gasteiger partial charge >= 0.3 is 0 Å². The van der Waals surface area contributed by atoms with Crippen molar-refractivity contribution >= 4 is 22.9 Å². The van der Waals surface area contributed by atoms with Gasteiger partial charge in [-0.3, -0.25) is 10.4 Å². The standard InChI is InChI=1S/C18H18N4/c1-12-7-14(3)18-16(8-12)13(2)9-17(21-18)22-20-11-15-5-4-6-19-10-15/h4-11H,1-3H3,(H,21,22). The van der Waals surface area contributed by atoms with Crippen LogP contribution in [0.2, 0.25) is 0 Å². The predicted molar refractivity (Wildman–Crippen MR) is 91.4 cm³/mol. The van der Waals surface area contributed by atoms with E-state index in [9.17, 15) is 0 Å². The molecule has 0 radical (unpaired) electrons. The summed E-state index contributed by atoms with van der Waals surface area (Å²) in [5, 5.41) is 5.42. The molecule has 0 unspecified atom stereocenters. The molecule has 2 aromatic heterocycles. The molecular formula is C18H18N4. The fourth-order valence-electron chi connectivity index (χ4n) is 2.53. The Morgan fingerprint density at radius 3 is 2.73 bits per heavy atom. The zero-order chi connectivity index (χ0) is 15.5. The molecule has 2 heterocycles. The van der Waals surface area contributed by atoms with E-state index in [1.54, 1.807) is 18.6 Å². The number of rotatable bonds is 3. The van der Waals surface area contributed by atoms with Gasteiger partial charge in [-0.2, -0.15) is 5.10 Å². The molecule has 1 aromatic carbocycles. The van der Waals surface area contributed by atoms with Crippen LogP contribution in [0, 0.1) is 20.8 Å². The summed E-state index contributed by atoms with van der Waals surface area (Å²) in [5.74, 6) is 0.747. The quantitative estimate of drug-likeness (QED) is 0.586. The van der Waals surface area contributed by atoms with E-state index in [0.717, 1.165) is 16.9 Å². The Bertz CT molecular complexity index is 839. The number of hydrogen-bond donors (Lipinski definition) is 1. The minimum Gasteiger partial charge on any atom is -0.264 e. The van der Waals surface area contributed by atoms with Crippen molar-refractivity contribution < 1.29 is 0 Å². The molecule has 0 aliphatic carbocycles. The summed E-state index contributed by atoms with van der Waals surface area (Å²) in [6.45, 7) is 6.29. The van der Waals surface area contributed by atoms with Gasteiger partial charge in [-0.25, -0.2) is 4.98 Å². The summed E-state index contributed by atoms with van der Waals surface area (Å²) in [6.07, 6.45) is 5.23. The van der Waals surface area contributed by atoms with Gasteiger partial charge in [0.1, 0.15) is 5.82 Å². The van der Waals surface area contributed by atoms with E-state index in [2.05, 4.69) is 53.4 Å². The lowest BCUT2D eigenvalue weighted by Crippen LogP contribution is -1.97. The number of anilines is 1. The average Bonchev–Trinajstić information content (AvgIpc) is 2.50. The number of fused-ring (bicyclic) bond motifs is 1. The molecule has 1 N–H and O–H groups in total. The average molecular weight is 290 g/mol. The van der Waals surface area contributed by atoms with Crippen LogP contribution in [0.5, 0.6) is 0 Å². The van der Waals surface area contributed by atoms with Gasteiger partial charge in [-0.15, -0.1) is 0 Å². The first-order valence-corrected chi connectivity index (χ1v) is 7.21. The molecule has 0 amide bonds. The summed E-state index contributed by atoms with van der Waals surface area (Å²) < 4.78 is 0. The molecular weight excluding hydrogens is 272 g/mol. The fraction of sp³-hybridized carbons (Fsp3) is 0.167. The molecule has 4 nitrogen and oxygen atoms in total. The molecule has 110 valence electrons. The molecule has 0 saturated heterocycles. The van der Waals surface area contributed by atoms with E-state index in [1.165, 1.54) is 22.1 Å². The molecule has 0 spiro atoms. The van der Waals surface area contributed by atoms with Crippen LogP contribution >= 0.6 is 0 Å². The molecule has 0 atom stereocenters. The largest absolute Gasteiger partial charge is 0.264 e. The molecule has 0 fully saturated rings. The third kappa shape index (κ3) is 2.96. The van der Waals surface area contributed by atoms with Crippen molar-refractivity contribution in [2.45, 2.75) is 20.8 Å². The number of nitrogens with zero attached hydrogens (tertiary/aromatic N) is 3.